The fraction of sp³-hybridized carbons (Fsp3) is 0.333. The standard InChI is InChI=1S/C33H40N6O4/c1-2-43-27-15-13-24(14-16-27)22-29(37-30(40)25-11-7-4-8-12-25)32(42)38-28(21-23-9-5-3-6-10-23)31(41)36-26-17-19-39(20-18-26)33(34)35/h3-16,26,28-29H,2,17-22H2,1H3,(H3,34,35)(H,36,41)(H,37,40)(H,38,42)/t28-,29?/m1/s1. The van der Waals surface area contributed by atoms with Crippen molar-refractivity contribution in [1.82, 2.24) is 20.9 Å². The molecule has 2 atom stereocenters. The average Bonchev–Trinajstić information content (AvgIpc) is 3.02. The number of amides is 3. The van der Waals surface area contributed by atoms with Crippen molar-refractivity contribution >= 4 is 23.7 Å². The Balaban J connectivity index is 1.51. The largest absolute Gasteiger partial charge is 0.494 e. The van der Waals surface area contributed by atoms with Gasteiger partial charge in [-0.1, -0.05) is 60.7 Å². The number of rotatable bonds is 12. The van der Waals surface area contributed by atoms with E-state index >= 15 is 0 Å². The van der Waals surface area contributed by atoms with Crippen LogP contribution in [0, 0.1) is 5.41 Å². The van der Waals surface area contributed by atoms with Gasteiger partial charge in [0.15, 0.2) is 5.96 Å². The third-order valence-corrected chi connectivity index (χ3v) is 7.43. The molecule has 0 bridgehead atoms. The highest BCUT2D eigenvalue weighted by Crippen LogP contribution is 2.15. The molecule has 0 aliphatic carbocycles. The van der Waals surface area contributed by atoms with Crippen molar-refractivity contribution in [1.29, 1.82) is 5.41 Å². The molecule has 0 spiro atoms. The molecular formula is C33H40N6O4. The van der Waals surface area contributed by atoms with Gasteiger partial charge < -0.3 is 31.3 Å². The zero-order valence-electron chi connectivity index (χ0n) is 24.4. The van der Waals surface area contributed by atoms with Crippen LogP contribution >= 0.6 is 0 Å². The minimum atomic E-state index is -0.935. The molecule has 10 heteroatoms. The highest BCUT2D eigenvalue weighted by Gasteiger charge is 2.30. The first-order valence-corrected chi connectivity index (χ1v) is 14.6. The van der Waals surface area contributed by atoms with Gasteiger partial charge in [0.1, 0.15) is 17.8 Å². The number of benzene rings is 3. The molecule has 43 heavy (non-hydrogen) atoms. The van der Waals surface area contributed by atoms with Crippen LogP contribution in [0.3, 0.4) is 0 Å². The van der Waals surface area contributed by atoms with Crippen molar-refractivity contribution < 1.29 is 19.1 Å². The first kappa shape index (κ1) is 31.1. The Morgan fingerprint density at radius 1 is 0.837 bits per heavy atom. The summed E-state index contributed by atoms with van der Waals surface area (Å²) in [4.78, 5) is 42.3. The molecule has 226 valence electrons. The molecule has 0 aromatic heterocycles. The minimum Gasteiger partial charge on any atom is -0.494 e. The van der Waals surface area contributed by atoms with Gasteiger partial charge in [0.05, 0.1) is 6.61 Å². The lowest BCUT2D eigenvalue weighted by Crippen LogP contribution is -2.57. The quantitative estimate of drug-likeness (QED) is 0.163. The van der Waals surface area contributed by atoms with Crippen molar-refractivity contribution in [3.8, 4) is 5.75 Å². The fourth-order valence-electron chi connectivity index (χ4n) is 5.06. The van der Waals surface area contributed by atoms with E-state index in [1.165, 1.54) is 0 Å². The maximum atomic E-state index is 13.8. The van der Waals surface area contributed by atoms with Crippen LogP contribution in [-0.4, -0.2) is 66.4 Å². The summed E-state index contributed by atoms with van der Waals surface area (Å²) in [5, 5.41) is 16.5. The predicted octanol–water partition coefficient (Wildman–Crippen LogP) is 2.63. The van der Waals surface area contributed by atoms with E-state index < -0.39 is 18.0 Å². The molecule has 3 aromatic rings. The van der Waals surface area contributed by atoms with Crippen molar-refractivity contribution in [3.05, 3.63) is 102 Å². The Bertz CT molecular complexity index is 1360. The number of carbonyl (C=O) groups excluding carboxylic acids is 3. The van der Waals surface area contributed by atoms with Crippen LogP contribution in [0.15, 0.2) is 84.9 Å². The van der Waals surface area contributed by atoms with Gasteiger partial charge in [0.25, 0.3) is 5.91 Å². The number of nitrogens with two attached hydrogens (primary N) is 1. The van der Waals surface area contributed by atoms with Gasteiger partial charge in [-0.05, 0) is 55.2 Å². The minimum absolute atomic E-state index is 0.0233. The molecule has 6 N–H and O–H groups in total. The third kappa shape index (κ3) is 9.32. The Morgan fingerprint density at radius 2 is 1.40 bits per heavy atom. The first-order valence-electron chi connectivity index (χ1n) is 14.6. The number of carbonyl (C=O) groups is 3. The van der Waals surface area contributed by atoms with Crippen LogP contribution in [-0.2, 0) is 22.4 Å². The summed E-state index contributed by atoms with van der Waals surface area (Å²) in [5.41, 5.74) is 7.78. The summed E-state index contributed by atoms with van der Waals surface area (Å²) < 4.78 is 5.54. The van der Waals surface area contributed by atoms with Crippen molar-refractivity contribution in [2.75, 3.05) is 19.7 Å². The summed E-state index contributed by atoms with van der Waals surface area (Å²) >= 11 is 0. The Hall–Kier alpha value is -4.86. The van der Waals surface area contributed by atoms with Gasteiger partial charge in [0.2, 0.25) is 11.8 Å². The SMILES string of the molecule is CCOc1ccc(CC(NC(=O)c2ccccc2)C(=O)N[C@H](Cc2ccccc2)C(=O)NC2CCN(C(=N)N)CC2)cc1. The second-order valence-electron chi connectivity index (χ2n) is 10.6. The zero-order valence-corrected chi connectivity index (χ0v) is 24.4. The number of nitrogens with one attached hydrogen (secondary N) is 4. The molecular weight excluding hydrogens is 544 g/mol. The van der Waals surface area contributed by atoms with Gasteiger partial charge in [-0.15, -0.1) is 0 Å². The van der Waals surface area contributed by atoms with Gasteiger partial charge in [0, 0.05) is 37.5 Å². The lowest BCUT2D eigenvalue weighted by atomic mass is 10.0. The molecule has 1 aliphatic rings. The normalized spacial score (nSPS) is 14.7. The highest BCUT2D eigenvalue weighted by molar-refractivity contribution is 5.98. The molecule has 1 saturated heterocycles. The summed E-state index contributed by atoms with van der Waals surface area (Å²) in [6.07, 6.45) is 1.79. The summed E-state index contributed by atoms with van der Waals surface area (Å²) in [7, 11) is 0. The van der Waals surface area contributed by atoms with E-state index in [0.29, 0.717) is 43.9 Å². The van der Waals surface area contributed by atoms with E-state index in [4.69, 9.17) is 15.9 Å². The maximum Gasteiger partial charge on any atom is 0.251 e. The molecule has 3 aromatic carbocycles. The lowest BCUT2D eigenvalue weighted by Gasteiger charge is -2.33. The van der Waals surface area contributed by atoms with Crippen LogP contribution < -0.4 is 26.4 Å². The number of hydrogen-bond donors (Lipinski definition) is 5. The third-order valence-electron chi connectivity index (χ3n) is 7.43. The second-order valence-corrected chi connectivity index (χ2v) is 10.6. The van der Waals surface area contributed by atoms with Crippen LogP contribution in [0.25, 0.3) is 0 Å². The van der Waals surface area contributed by atoms with Crippen molar-refractivity contribution in [2.24, 2.45) is 5.73 Å². The van der Waals surface area contributed by atoms with Gasteiger partial charge in [-0.25, -0.2) is 0 Å². The van der Waals surface area contributed by atoms with Gasteiger partial charge >= 0.3 is 0 Å². The van der Waals surface area contributed by atoms with Crippen LogP contribution in [0.4, 0.5) is 0 Å². The smallest absolute Gasteiger partial charge is 0.251 e. The van der Waals surface area contributed by atoms with E-state index in [2.05, 4.69) is 16.0 Å². The second kappa shape index (κ2) is 15.4. The number of guanidine groups is 1. The molecule has 1 unspecified atom stereocenters. The van der Waals surface area contributed by atoms with E-state index in [9.17, 15) is 14.4 Å². The van der Waals surface area contributed by atoms with E-state index in [1.54, 1.807) is 29.2 Å². The number of hydrogen-bond acceptors (Lipinski definition) is 5. The van der Waals surface area contributed by atoms with E-state index in [1.807, 2.05) is 67.6 Å². The molecule has 4 rings (SSSR count). The van der Waals surface area contributed by atoms with Crippen LogP contribution in [0.1, 0.15) is 41.3 Å². The molecule has 3 amide bonds. The highest BCUT2D eigenvalue weighted by atomic mass is 16.5. The van der Waals surface area contributed by atoms with Crippen LogP contribution in [0.5, 0.6) is 5.75 Å². The van der Waals surface area contributed by atoms with E-state index in [-0.39, 0.29) is 36.7 Å². The molecule has 0 radical (unpaired) electrons. The molecule has 1 heterocycles. The lowest BCUT2D eigenvalue weighted by molar-refractivity contribution is -0.130. The van der Waals surface area contributed by atoms with Gasteiger partial charge in [-0.3, -0.25) is 19.8 Å². The first-order chi connectivity index (χ1) is 20.8. The maximum absolute atomic E-state index is 13.8. The summed E-state index contributed by atoms with van der Waals surface area (Å²) in [5.74, 6) is -0.397. The summed E-state index contributed by atoms with van der Waals surface area (Å²) in [6.45, 7) is 3.60. The fourth-order valence-corrected chi connectivity index (χ4v) is 5.06. The molecule has 1 fully saturated rings. The average molecular weight is 585 g/mol. The number of ether oxygens (including phenoxy) is 1. The molecule has 0 saturated carbocycles. The predicted molar refractivity (Wildman–Crippen MR) is 166 cm³/mol. The topological polar surface area (TPSA) is 150 Å². The summed E-state index contributed by atoms with van der Waals surface area (Å²) in [6, 6.07) is 23.7. The van der Waals surface area contributed by atoms with E-state index in [0.717, 1.165) is 11.1 Å². The molecule has 10 nitrogen and oxygen atoms in total. The Labute approximate surface area is 252 Å². The van der Waals surface area contributed by atoms with Crippen LogP contribution in [0.2, 0.25) is 0 Å². The van der Waals surface area contributed by atoms with Crippen molar-refractivity contribution in [2.45, 2.75) is 50.7 Å². The van der Waals surface area contributed by atoms with Gasteiger partial charge in [-0.2, -0.15) is 0 Å². The van der Waals surface area contributed by atoms with Crippen molar-refractivity contribution in [3.63, 3.8) is 0 Å². The number of likely N-dealkylation sites (tertiary alicyclic amines) is 1. The Kier molecular flexibility index (Phi) is 11.1. The monoisotopic (exact) mass is 584 g/mol. The Morgan fingerprint density at radius 3 is 1.98 bits per heavy atom. The number of piperidine rings is 1. The molecule has 1 aliphatic heterocycles. The number of nitrogens with zero attached hydrogens (tertiary/aromatic N) is 1. The zero-order chi connectivity index (χ0) is 30.6.